The van der Waals surface area contributed by atoms with Gasteiger partial charge < -0.3 is 29.7 Å². The Hall–Kier alpha value is -3.99. The van der Waals surface area contributed by atoms with Gasteiger partial charge in [0, 0.05) is 42.4 Å². The van der Waals surface area contributed by atoms with Crippen LogP contribution in [0.25, 0.3) is 0 Å². The van der Waals surface area contributed by atoms with Crippen molar-refractivity contribution in [2.45, 2.75) is 75.5 Å². The normalized spacial score (nSPS) is 26.8. The van der Waals surface area contributed by atoms with E-state index in [1.165, 1.54) is 5.19 Å². The van der Waals surface area contributed by atoms with Gasteiger partial charge in [-0.05, 0) is 59.8 Å². The second kappa shape index (κ2) is 11.9. The molecule has 3 aromatic rings. The van der Waals surface area contributed by atoms with Crippen LogP contribution in [0.15, 0.2) is 66.7 Å². The van der Waals surface area contributed by atoms with Crippen molar-refractivity contribution in [1.82, 2.24) is 4.90 Å². The molecule has 0 bridgehead atoms. The van der Waals surface area contributed by atoms with E-state index in [9.17, 15) is 19.5 Å². The first-order chi connectivity index (χ1) is 22.6. The van der Waals surface area contributed by atoms with Crippen molar-refractivity contribution < 1.29 is 29.0 Å². The van der Waals surface area contributed by atoms with Gasteiger partial charge in [-0.2, -0.15) is 0 Å². The van der Waals surface area contributed by atoms with E-state index in [2.05, 4.69) is 43.5 Å². The minimum atomic E-state index is -2.45. The van der Waals surface area contributed by atoms with Crippen LogP contribution in [0, 0.1) is 5.92 Å². The molecule has 4 aliphatic rings. The first-order valence-electron chi connectivity index (χ1n) is 16.6. The molecule has 0 unspecified atom stereocenters. The Bertz CT molecular complexity index is 1730. The Morgan fingerprint density at radius 1 is 1.09 bits per heavy atom. The van der Waals surface area contributed by atoms with Crippen LogP contribution in [0.3, 0.4) is 0 Å². The van der Waals surface area contributed by atoms with Crippen molar-refractivity contribution in [2.24, 2.45) is 5.92 Å². The number of hydrogen-bond donors (Lipinski definition) is 2. The SMILES string of the molecule is COc1ccc([Si](C)(C)[C@H]2[C@H](CC(=O)N3Cc4ccccc4C[C@H]3CO)O[C@@]3(C(=O)Nc4ccc(N5CCCC5=O)cc43)[C@@H]2C)cc1. The standard InChI is InChI=1S/C37H43N3O6Si/c1-23-35(47(3,4)29-14-12-28(45-2)13-15-29)32(20-34(43)40-21-25-9-6-5-8-24(25)18-27(40)22-41)46-37(23)30-19-26(39-17-7-10-33(39)42)11-16-31(30)38-36(37)44/h5-6,8-9,11-16,19,23,27,32,35,41H,7,10,17-18,20-22H2,1-4H3,(H,38,44)/t23-,27+,32+,35-,37+/m1/s1. The van der Waals surface area contributed by atoms with E-state index >= 15 is 0 Å². The lowest BCUT2D eigenvalue weighted by Crippen LogP contribution is -2.52. The Balaban J connectivity index is 1.28. The highest BCUT2D eigenvalue weighted by Gasteiger charge is 2.65. The molecule has 9 nitrogen and oxygen atoms in total. The van der Waals surface area contributed by atoms with Crippen LogP contribution in [0.4, 0.5) is 11.4 Å². The highest BCUT2D eigenvalue weighted by molar-refractivity contribution is 6.91. The number of amides is 3. The summed E-state index contributed by atoms with van der Waals surface area (Å²) < 4.78 is 12.5. The van der Waals surface area contributed by atoms with Crippen molar-refractivity contribution in [1.29, 1.82) is 0 Å². The van der Waals surface area contributed by atoms with Gasteiger partial charge in [-0.3, -0.25) is 14.4 Å². The number of hydrogen-bond acceptors (Lipinski definition) is 6. The molecule has 246 valence electrons. The fourth-order valence-corrected chi connectivity index (χ4v) is 12.8. The molecule has 3 amide bonds. The number of nitrogens with zero attached hydrogens (tertiary/aromatic N) is 2. The lowest BCUT2D eigenvalue weighted by atomic mass is 9.82. The number of carbonyl (C=O) groups excluding carboxylic acids is 3. The number of aliphatic hydroxyl groups excluding tert-OH is 1. The van der Waals surface area contributed by atoms with Gasteiger partial charge >= 0.3 is 0 Å². The van der Waals surface area contributed by atoms with Crippen molar-refractivity contribution in [3.63, 3.8) is 0 Å². The largest absolute Gasteiger partial charge is 0.497 e. The second-order valence-corrected chi connectivity index (χ2v) is 18.7. The molecule has 0 aromatic heterocycles. The highest BCUT2D eigenvalue weighted by atomic mass is 28.3. The lowest BCUT2D eigenvalue weighted by molar-refractivity contribution is -0.149. The fourth-order valence-electron chi connectivity index (χ4n) is 8.74. The summed E-state index contributed by atoms with van der Waals surface area (Å²) in [7, 11) is -0.800. The molecule has 3 aromatic carbocycles. The van der Waals surface area contributed by atoms with Gasteiger partial charge in [0.1, 0.15) is 5.75 Å². The summed E-state index contributed by atoms with van der Waals surface area (Å²) in [5.41, 5.74) is 2.98. The number of carbonyl (C=O) groups is 3. The zero-order chi connectivity index (χ0) is 33.1. The third-order valence-electron chi connectivity index (χ3n) is 11.2. The summed E-state index contributed by atoms with van der Waals surface area (Å²) in [6.07, 6.45) is 1.44. The maximum absolute atomic E-state index is 14.3. The minimum absolute atomic E-state index is 0.0765. The van der Waals surface area contributed by atoms with Crippen molar-refractivity contribution in [3.05, 3.63) is 83.4 Å². The molecule has 2 saturated heterocycles. The summed E-state index contributed by atoms with van der Waals surface area (Å²) in [5.74, 6) is 0.251. The molecule has 4 heterocycles. The number of aliphatic hydroxyl groups is 1. The van der Waals surface area contributed by atoms with E-state index in [0.29, 0.717) is 31.6 Å². The molecule has 5 atom stereocenters. The summed E-state index contributed by atoms with van der Waals surface area (Å²) in [6.45, 7) is 7.60. The average molecular weight is 654 g/mol. The number of benzene rings is 3. The molecule has 47 heavy (non-hydrogen) atoms. The molecular weight excluding hydrogens is 611 g/mol. The van der Waals surface area contributed by atoms with E-state index in [0.717, 1.165) is 34.5 Å². The van der Waals surface area contributed by atoms with Crippen LogP contribution < -0.4 is 20.1 Å². The highest BCUT2D eigenvalue weighted by Crippen LogP contribution is 2.59. The Kier molecular flexibility index (Phi) is 8.01. The monoisotopic (exact) mass is 653 g/mol. The van der Waals surface area contributed by atoms with Crippen LogP contribution in [0.5, 0.6) is 5.75 Å². The van der Waals surface area contributed by atoms with Gasteiger partial charge in [-0.25, -0.2) is 0 Å². The third-order valence-corrected chi connectivity index (χ3v) is 15.6. The quantitative estimate of drug-likeness (QED) is 0.368. The van der Waals surface area contributed by atoms with Gasteiger partial charge in [0.05, 0.1) is 40.4 Å². The maximum atomic E-state index is 14.3. The summed E-state index contributed by atoms with van der Waals surface area (Å²) in [5, 5.41) is 14.6. The van der Waals surface area contributed by atoms with Crippen LogP contribution >= 0.6 is 0 Å². The zero-order valence-electron chi connectivity index (χ0n) is 27.5. The van der Waals surface area contributed by atoms with Crippen molar-refractivity contribution in [2.75, 3.05) is 30.5 Å². The summed E-state index contributed by atoms with van der Waals surface area (Å²) in [4.78, 5) is 44.8. The van der Waals surface area contributed by atoms with E-state index in [1.807, 2.05) is 48.5 Å². The number of ether oxygens (including phenoxy) is 2. The van der Waals surface area contributed by atoms with Gasteiger partial charge in [0.2, 0.25) is 11.8 Å². The second-order valence-electron chi connectivity index (χ2n) is 14.0. The number of nitrogens with one attached hydrogen (secondary N) is 1. The maximum Gasteiger partial charge on any atom is 0.261 e. The summed E-state index contributed by atoms with van der Waals surface area (Å²) in [6, 6.07) is 21.6. The van der Waals surface area contributed by atoms with Crippen molar-refractivity contribution >= 4 is 42.4 Å². The molecule has 2 fully saturated rings. The predicted octanol–water partition coefficient (Wildman–Crippen LogP) is 4.33. The minimum Gasteiger partial charge on any atom is -0.497 e. The van der Waals surface area contributed by atoms with Gasteiger partial charge in [-0.1, -0.05) is 61.6 Å². The molecule has 0 saturated carbocycles. The molecule has 7 rings (SSSR count). The fraction of sp³-hybridized carbons (Fsp3) is 0.432. The van der Waals surface area contributed by atoms with Crippen LogP contribution in [0.2, 0.25) is 18.6 Å². The average Bonchev–Trinajstić information content (AvgIpc) is 3.73. The van der Waals surface area contributed by atoms with E-state index in [1.54, 1.807) is 16.9 Å². The van der Waals surface area contributed by atoms with Gasteiger partial charge in [-0.15, -0.1) is 0 Å². The molecule has 10 heteroatoms. The molecule has 0 radical (unpaired) electrons. The van der Waals surface area contributed by atoms with Crippen molar-refractivity contribution in [3.8, 4) is 5.75 Å². The molecular formula is C37H43N3O6Si. The number of rotatable bonds is 7. The van der Waals surface area contributed by atoms with E-state index < -0.39 is 19.8 Å². The zero-order valence-corrected chi connectivity index (χ0v) is 28.5. The first-order valence-corrected chi connectivity index (χ1v) is 19.7. The smallest absolute Gasteiger partial charge is 0.261 e. The van der Waals surface area contributed by atoms with E-state index in [4.69, 9.17) is 9.47 Å². The lowest BCUT2D eigenvalue weighted by Gasteiger charge is -2.39. The Morgan fingerprint density at radius 3 is 2.51 bits per heavy atom. The molecule has 0 aliphatic carbocycles. The van der Waals surface area contributed by atoms with E-state index in [-0.39, 0.29) is 48.3 Å². The summed E-state index contributed by atoms with van der Waals surface area (Å²) >= 11 is 0. The number of fused-ring (bicyclic) bond motifs is 3. The number of anilines is 2. The molecule has 2 N–H and O–H groups in total. The third kappa shape index (κ3) is 5.08. The Labute approximate surface area is 276 Å². The number of methoxy groups -OCH3 is 1. The van der Waals surface area contributed by atoms with Crippen LogP contribution in [-0.4, -0.2) is 68.2 Å². The Morgan fingerprint density at radius 2 is 1.83 bits per heavy atom. The predicted molar refractivity (Wildman–Crippen MR) is 182 cm³/mol. The van der Waals surface area contributed by atoms with Gasteiger partial charge in [0.25, 0.3) is 5.91 Å². The molecule has 1 spiro atoms. The molecule has 4 aliphatic heterocycles. The van der Waals surface area contributed by atoms with Gasteiger partial charge in [0.15, 0.2) is 5.60 Å². The topological polar surface area (TPSA) is 108 Å². The van der Waals surface area contributed by atoms with Crippen LogP contribution in [-0.2, 0) is 37.7 Å². The van der Waals surface area contributed by atoms with Crippen LogP contribution in [0.1, 0.15) is 42.9 Å². The first kappa shape index (κ1) is 31.6.